The molecule has 2 aromatic carbocycles. The van der Waals surface area contributed by atoms with Crippen LogP contribution in [0.4, 0.5) is 5.69 Å². The molecule has 0 radical (unpaired) electrons. The van der Waals surface area contributed by atoms with Crippen molar-refractivity contribution in [2.45, 2.75) is 0 Å². The average molecular weight is 159 g/mol. The van der Waals surface area contributed by atoms with Gasteiger partial charge >= 0.3 is 0 Å². The van der Waals surface area contributed by atoms with Crippen LogP contribution < -0.4 is 5.73 Å². The summed E-state index contributed by atoms with van der Waals surface area (Å²) in [5, 5.41) is 2.51. The molecule has 3 N–H and O–H groups in total. The summed E-state index contributed by atoms with van der Waals surface area (Å²) in [4.78, 5) is 0. The smallest absolute Gasteiger partial charge is 0.135 e. The second kappa shape index (κ2) is 3.41. The summed E-state index contributed by atoms with van der Waals surface area (Å²) in [5.41, 5.74) is 5.05. The Labute approximate surface area is 73.8 Å². The van der Waals surface area contributed by atoms with Gasteiger partial charge in [-0.1, -0.05) is 38.7 Å². The SMILES string of the molecule is [BH4-].[NH3+]c1cccc2ccccc12. The van der Waals surface area contributed by atoms with Gasteiger partial charge in [0.2, 0.25) is 0 Å². The lowest BCUT2D eigenvalue weighted by molar-refractivity contribution is -0.252. The van der Waals surface area contributed by atoms with E-state index in [4.69, 9.17) is 0 Å². The van der Waals surface area contributed by atoms with Crippen molar-refractivity contribution in [3.63, 3.8) is 0 Å². The van der Waals surface area contributed by atoms with Crippen molar-refractivity contribution in [3.8, 4) is 0 Å². The molecular formula is C10H14BN. The molecule has 0 atom stereocenters. The highest BCUT2D eigenvalue weighted by molar-refractivity contribution is 5.90. The Bertz CT molecular complexity index is 379. The lowest BCUT2D eigenvalue weighted by Gasteiger charge is -1.95. The normalized spacial score (nSPS) is 9.42. The molecule has 2 heteroatoms. The van der Waals surface area contributed by atoms with Crippen molar-refractivity contribution in [1.82, 2.24) is 0 Å². The molecule has 0 fully saturated rings. The minimum absolute atomic E-state index is 0. The molecule has 0 aliphatic carbocycles. The van der Waals surface area contributed by atoms with Crippen molar-refractivity contribution in [1.29, 1.82) is 0 Å². The van der Waals surface area contributed by atoms with Gasteiger partial charge in [0.1, 0.15) is 5.69 Å². The van der Waals surface area contributed by atoms with E-state index in [1.54, 1.807) is 0 Å². The highest BCUT2D eigenvalue weighted by Gasteiger charge is 1.96. The number of hydrogen-bond donors (Lipinski definition) is 1. The standard InChI is InChI=1S/C10H9N.BH4/c11-10-7-3-5-8-4-1-2-6-9(8)10;/h1-7H,11H2;1H4/q;-1/p+1. The molecule has 62 valence electrons. The summed E-state index contributed by atoms with van der Waals surface area (Å²) in [6.07, 6.45) is 0. The average Bonchev–Trinajstić information content (AvgIpc) is 2.06. The number of rotatable bonds is 0. The minimum atomic E-state index is 0. The van der Waals surface area contributed by atoms with Crippen LogP contribution in [0.3, 0.4) is 0 Å². The molecule has 2 aromatic rings. The van der Waals surface area contributed by atoms with E-state index < -0.39 is 0 Å². The molecule has 0 amide bonds. The first-order chi connectivity index (χ1) is 5.38. The van der Waals surface area contributed by atoms with Crippen LogP contribution in [0.2, 0.25) is 0 Å². The number of benzene rings is 2. The van der Waals surface area contributed by atoms with Gasteiger partial charge in [0.05, 0.1) is 0 Å². The fraction of sp³-hybridized carbons (Fsp3) is 0. The van der Waals surface area contributed by atoms with Gasteiger partial charge in [-0.25, -0.2) is 0 Å². The third-order valence-electron chi connectivity index (χ3n) is 1.88. The molecule has 0 unspecified atom stereocenters. The highest BCUT2D eigenvalue weighted by Crippen LogP contribution is 2.17. The van der Waals surface area contributed by atoms with Crippen LogP contribution in [-0.4, -0.2) is 8.41 Å². The van der Waals surface area contributed by atoms with Gasteiger partial charge in [0.15, 0.2) is 0 Å². The number of hydrogen-bond acceptors (Lipinski definition) is 0. The minimum Gasteiger partial charge on any atom is -0.325 e. The zero-order valence-electron chi connectivity index (χ0n) is 6.25. The summed E-state index contributed by atoms with van der Waals surface area (Å²) in [5.74, 6) is 0. The quantitative estimate of drug-likeness (QED) is 0.534. The van der Waals surface area contributed by atoms with Crippen LogP contribution >= 0.6 is 0 Å². The van der Waals surface area contributed by atoms with Crippen molar-refractivity contribution >= 4 is 24.9 Å². The molecule has 2 rings (SSSR count). The van der Waals surface area contributed by atoms with Gasteiger partial charge in [-0.05, 0) is 17.5 Å². The van der Waals surface area contributed by atoms with E-state index in [1.807, 2.05) is 24.3 Å². The van der Waals surface area contributed by atoms with Crippen LogP contribution in [0, 0.1) is 0 Å². The van der Waals surface area contributed by atoms with Gasteiger partial charge < -0.3 is 5.73 Å². The van der Waals surface area contributed by atoms with Gasteiger partial charge in [-0.15, -0.1) is 0 Å². The van der Waals surface area contributed by atoms with E-state index in [-0.39, 0.29) is 8.41 Å². The molecule has 12 heavy (non-hydrogen) atoms. The Balaban J connectivity index is 0.000000720. The van der Waals surface area contributed by atoms with E-state index in [9.17, 15) is 0 Å². The first-order valence-corrected chi connectivity index (χ1v) is 3.67. The van der Waals surface area contributed by atoms with Gasteiger partial charge in [-0.3, -0.25) is 0 Å². The maximum absolute atomic E-state index is 3.95. The van der Waals surface area contributed by atoms with Crippen molar-refractivity contribution in [3.05, 3.63) is 42.5 Å². The van der Waals surface area contributed by atoms with Crippen LogP contribution in [-0.2, 0) is 0 Å². The summed E-state index contributed by atoms with van der Waals surface area (Å²) >= 11 is 0. The second-order valence-electron chi connectivity index (χ2n) is 2.64. The zero-order chi connectivity index (χ0) is 7.68. The Hall–Kier alpha value is -1.28. The summed E-state index contributed by atoms with van der Waals surface area (Å²) in [6.45, 7) is 0. The highest BCUT2D eigenvalue weighted by atomic mass is 14.5. The second-order valence-corrected chi connectivity index (χ2v) is 2.64. The van der Waals surface area contributed by atoms with E-state index >= 15 is 0 Å². The first kappa shape index (κ1) is 8.82. The molecular weight excluding hydrogens is 145 g/mol. The van der Waals surface area contributed by atoms with Gasteiger partial charge in [-0.2, -0.15) is 0 Å². The Morgan fingerprint density at radius 1 is 0.833 bits per heavy atom. The lowest BCUT2D eigenvalue weighted by Crippen LogP contribution is -2.40. The first-order valence-electron chi connectivity index (χ1n) is 3.67. The van der Waals surface area contributed by atoms with Gasteiger partial charge in [0.25, 0.3) is 0 Å². The van der Waals surface area contributed by atoms with Crippen molar-refractivity contribution in [2.75, 3.05) is 0 Å². The van der Waals surface area contributed by atoms with E-state index in [0.717, 1.165) is 5.69 Å². The molecule has 0 saturated heterocycles. The topological polar surface area (TPSA) is 27.6 Å². The van der Waals surface area contributed by atoms with Crippen molar-refractivity contribution in [2.24, 2.45) is 0 Å². The maximum Gasteiger partial charge on any atom is 0.135 e. The molecule has 0 saturated carbocycles. The zero-order valence-corrected chi connectivity index (χ0v) is 6.25. The molecule has 0 aliphatic rings. The van der Waals surface area contributed by atoms with Crippen LogP contribution in [0.15, 0.2) is 42.5 Å². The van der Waals surface area contributed by atoms with E-state index in [0.29, 0.717) is 0 Å². The Kier molecular flexibility index (Phi) is 2.51. The monoisotopic (exact) mass is 159 g/mol. The third-order valence-corrected chi connectivity index (χ3v) is 1.88. The molecule has 0 heterocycles. The Morgan fingerprint density at radius 3 is 2.25 bits per heavy atom. The molecule has 0 aromatic heterocycles. The fourth-order valence-corrected chi connectivity index (χ4v) is 1.29. The summed E-state index contributed by atoms with van der Waals surface area (Å²) < 4.78 is 0. The predicted octanol–water partition coefficient (Wildman–Crippen LogP) is 0.262. The summed E-state index contributed by atoms with van der Waals surface area (Å²) in [6, 6.07) is 14.4. The van der Waals surface area contributed by atoms with Gasteiger partial charge in [0, 0.05) is 5.39 Å². The summed E-state index contributed by atoms with van der Waals surface area (Å²) in [7, 11) is 0. The molecule has 0 bridgehead atoms. The largest absolute Gasteiger partial charge is 0.325 e. The number of fused-ring (bicyclic) bond motifs is 1. The predicted molar refractivity (Wildman–Crippen MR) is 57.8 cm³/mol. The van der Waals surface area contributed by atoms with Crippen LogP contribution in [0.25, 0.3) is 10.8 Å². The fourth-order valence-electron chi connectivity index (χ4n) is 1.29. The van der Waals surface area contributed by atoms with E-state index in [1.165, 1.54) is 10.8 Å². The van der Waals surface area contributed by atoms with E-state index in [2.05, 4.69) is 23.9 Å². The van der Waals surface area contributed by atoms with Crippen LogP contribution in [0.1, 0.15) is 0 Å². The molecule has 0 spiro atoms. The third kappa shape index (κ3) is 1.34. The Morgan fingerprint density at radius 2 is 1.50 bits per heavy atom. The molecule has 0 aliphatic heterocycles. The van der Waals surface area contributed by atoms with Crippen LogP contribution in [0.5, 0.6) is 0 Å². The number of quaternary nitrogens is 1. The molecule has 1 nitrogen and oxygen atoms in total. The lowest BCUT2D eigenvalue weighted by atomic mass is 10.1. The maximum atomic E-state index is 3.95. The van der Waals surface area contributed by atoms with Crippen molar-refractivity contribution < 1.29 is 5.73 Å².